The van der Waals surface area contributed by atoms with E-state index in [0.29, 0.717) is 51.7 Å². The van der Waals surface area contributed by atoms with E-state index in [1.807, 2.05) is 31.2 Å². The molecule has 0 aliphatic rings. The number of aromatic carboxylic acids is 1. The summed E-state index contributed by atoms with van der Waals surface area (Å²) >= 11 is 2.70. The number of nitrogens with one attached hydrogen (secondary N) is 2. The number of rotatable bonds is 13. The van der Waals surface area contributed by atoms with E-state index in [2.05, 4.69) is 42.6 Å². The van der Waals surface area contributed by atoms with Crippen LogP contribution >= 0.6 is 22.7 Å². The van der Waals surface area contributed by atoms with Crippen LogP contribution in [0.4, 0.5) is 26.3 Å². The molecule has 0 aliphatic carbocycles. The Bertz CT molecular complexity index is 1910. The first-order valence-corrected chi connectivity index (χ1v) is 16.0. The summed E-state index contributed by atoms with van der Waals surface area (Å²) < 4.78 is 22.8. The largest absolute Gasteiger partial charge is 0.491 e. The minimum absolute atomic E-state index is 0.0862. The molecule has 3 heterocycles. The van der Waals surface area contributed by atoms with Gasteiger partial charge in [0.2, 0.25) is 5.69 Å². The van der Waals surface area contributed by atoms with Crippen LogP contribution in [0, 0.1) is 24.6 Å². The minimum atomic E-state index is -1.17. The average Bonchev–Trinajstić information content (AvgIpc) is 3.66. The summed E-state index contributed by atoms with van der Waals surface area (Å²) in [5, 5.41) is 35.3. The third-order valence-corrected chi connectivity index (χ3v) is 8.57. The summed E-state index contributed by atoms with van der Waals surface area (Å²) in [4.78, 5) is 21.6. The van der Waals surface area contributed by atoms with Crippen LogP contribution < -0.4 is 19.9 Å². The normalized spacial score (nSPS) is 11.3. The highest BCUT2D eigenvalue weighted by Gasteiger charge is 2.27. The van der Waals surface area contributed by atoms with E-state index in [1.54, 1.807) is 30.0 Å². The van der Waals surface area contributed by atoms with Crippen molar-refractivity contribution in [1.29, 1.82) is 0 Å². The quantitative estimate of drug-likeness (QED) is 0.0568. The molecule has 14 heteroatoms. The molecule has 0 unspecified atom stereocenters. The molecule has 0 bridgehead atoms. The van der Waals surface area contributed by atoms with Gasteiger partial charge < -0.3 is 25.6 Å². The molecular weight excluding hydrogens is 630 g/mol. The second-order valence-electron chi connectivity index (χ2n) is 9.91. The van der Waals surface area contributed by atoms with Crippen LogP contribution in [0.5, 0.6) is 5.75 Å². The first-order chi connectivity index (χ1) is 22.4. The Labute approximate surface area is 272 Å². The molecule has 236 valence electrons. The number of fused-ring (bicyclic) bond motifs is 1. The highest BCUT2D eigenvalue weighted by atomic mass is 32.1. The molecule has 3 aromatic heterocycles. The number of nitrogens with zero attached hydrogens (tertiary/aromatic N) is 5. The molecule has 5 rings (SSSR count). The first-order valence-electron chi connectivity index (χ1n) is 14.4. The highest BCUT2D eigenvalue weighted by molar-refractivity contribution is 7.22. The number of ether oxygens (including phenoxy) is 1. The van der Waals surface area contributed by atoms with Crippen molar-refractivity contribution < 1.29 is 24.1 Å². The van der Waals surface area contributed by atoms with Gasteiger partial charge in [-0.05, 0) is 57.1 Å². The van der Waals surface area contributed by atoms with Gasteiger partial charge in [-0.2, -0.15) is 4.58 Å². The lowest BCUT2D eigenvalue weighted by Gasteiger charge is -2.07. The van der Waals surface area contributed by atoms with Crippen molar-refractivity contribution in [2.24, 2.45) is 0 Å². The third-order valence-electron chi connectivity index (χ3n) is 6.51. The number of benzene rings is 2. The molecule has 0 spiro atoms. The van der Waals surface area contributed by atoms with Gasteiger partial charge in [0, 0.05) is 35.3 Å². The predicted octanol–water partition coefficient (Wildman–Crippen LogP) is 5.30. The smallest absolute Gasteiger partial charge is 0.372 e. The molecule has 2 aromatic carbocycles. The van der Waals surface area contributed by atoms with Gasteiger partial charge >= 0.3 is 11.1 Å². The number of hydrogen-bond donors (Lipinski definition) is 4. The molecule has 0 radical (unpaired) electrons. The van der Waals surface area contributed by atoms with Crippen LogP contribution in [0.2, 0.25) is 0 Å². The number of carbonyl (C=O) groups is 1. The number of aryl methyl sites for hydroxylation is 2. The molecule has 0 fully saturated rings. The zero-order valence-corrected chi connectivity index (χ0v) is 26.7. The summed E-state index contributed by atoms with van der Waals surface area (Å²) in [5.74, 6) is 5.11. The second-order valence-corrected chi connectivity index (χ2v) is 12.0. The molecule has 0 saturated heterocycles. The number of thiazole rings is 2. The lowest BCUT2D eigenvalue weighted by atomic mass is 10.2. The van der Waals surface area contributed by atoms with Gasteiger partial charge in [-0.1, -0.05) is 56.7 Å². The monoisotopic (exact) mass is 660 g/mol. The molecule has 46 heavy (non-hydrogen) atoms. The lowest BCUT2D eigenvalue weighted by molar-refractivity contribution is 0.0690. The van der Waals surface area contributed by atoms with E-state index in [9.17, 15) is 19.4 Å². The SMILES string of the molecule is CNCC#Cc1ccc(OCCCc2sc(/[N+](=C\CCO)c3cc(C)c(Nc4nc5ccccc5s4)nn3)nc2C(=O)O)c(F)c1. The molecule has 4 N–H and O–H groups in total. The number of aliphatic hydroxyl groups is 1. The van der Waals surface area contributed by atoms with E-state index < -0.39 is 11.8 Å². The summed E-state index contributed by atoms with van der Waals surface area (Å²) in [6, 6.07) is 14.2. The maximum Gasteiger partial charge on any atom is 0.372 e. The van der Waals surface area contributed by atoms with Crippen LogP contribution in [0.15, 0.2) is 48.5 Å². The fourth-order valence-corrected chi connectivity index (χ4v) is 6.28. The van der Waals surface area contributed by atoms with Gasteiger partial charge in [0.05, 0.1) is 34.5 Å². The number of halogens is 1. The fourth-order valence-electron chi connectivity index (χ4n) is 4.32. The van der Waals surface area contributed by atoms with Crippen LogP contribution in [0.3, 0.4) is 0 Å². The Hall–Kier alpha value is -4.81. The van der Waals surface area contributed by atoms with E-state index in [1.165, 1.54) is 34.8 Å². The number of aromatic nitrogens is 4. The molecule has 0 amide bonds. The van der Waals surface area contributed by atoms with Gasteiger partial charge in [0.15, 0.2) is 22.5 Å². The van der Waals surface area contributed by atoms with Crippen molar-refractivity contribution in [3.63, 3.8) is 0 Å². The van der Waals surface area contributed by atoms with Crippen molar-refractivity contribution in [2.45, 2.75) is 26.2 Å². The van der Waals surface area contributed by atoms with Crippen molar-refractivity contribution in [3.8, 4) is 17.6 Å². The maximum absolute atomic E-state index is 14.5. The number of aliphatic hydroxyl groups excluding tert-OH is 1. The number of hydrogen-bond acceptors (Lipinski definition) is 11. The number of para-hydroxylation sites is 1. The summed E-state index contributed by atoms with van der Waals surface area (Å²) in [6.45, 7) is 2.42. The molecular formula is C32H31FN7O4S2+. The van der Waals surface area contributed by atoms with Crippen LogP contribution in [0.25, 0.3) is 10.2 Å². The minimum Gasteiger partial charge on any atom is -0.491 e. The van der Waals surface area contributed by atoms with E-state index in [0.717, 1.165) is 15.8 Å². The van der Waals surface area contributed by atoms with E-state index in [-0.39, 0.29) is 31.1 Å². The number of carboxylic acid groups (broad SMARTS) is 1. The van der Waals surface area contributed by atoms with Gasteiger partial charge in [-0.25, -0.2) is 14.2 Å². The Morgan fingerprint density at radius 2 is 2.00 bits per heavy atom. The predicted molar refractivity (Wildman–Crippen MR) is 179 cm³/mol. The summed E-state index contributed by atoms with van der Waals surface area (Å²) in [5.41, 5.74) is 2.13. The highest BCUT2D eigenvalue weighted by Crippen LogP contribution is 2.32. The zero-order valence-electron chi connectivity index (χ0n) is 25.1. The fraction of sp³-hybridized carbons (Fsp3) is 0.250. The first kappa shape index (κ1) is 32.6. The Balaban J connectivity index is 1.30. The number of carboxylic acids is 1. The van der Waals surface area contributed by atoms with Gasteiger partial charge in [-0.3, -0.25) is 0 Å². The Morgan fingerprint density at radius 3 is 2.74 bits per heavy atom. The molecule has 0 aliphatic heterocycles. The molecule has 11 nitrogen and oxygen atoms in total. The van der Waals surface area contributed by atoms with Crippen LogP contribution in [-0.4, -0.2) is 69.4 Å². The van der Waals surface area contributed by atoms with Crippen molar-refractivity contribution in [3.05, 3.63) is 76.0 Å². The van der Waals surface area contributed by atoms with Crippen LogP contribution in [-0.2, 0) is 6.42 Å². The van der Waals surface area contributed by atoms with Gasteiger partial charge in [0.1, 0.15) is 0 Å². The standard InChI is InChI=1S/C32H30FN7O4S2/c1-20-18-27(38-39-29(20)37-31-35-23-9-3-4-10-25(23)45-31)40(15-7-16-41)32-36-28(30(42)43)26(46-32)11-6-17-44-24-13-12-21(19-22(24)33)8-5-14-34-2/h3-4,9-10,12-13,15,18-19,34,41H,6-7,11,14,16-17H2,1-2H3,(H-,35,37,39,42,43)/p+1/b40-15-. The van der Waals surface area contributed by atoms with Crippen molar-refractivity contribution in [2.75, 3.05) is 32.1 Å². The lowest BCUT2D eigenvalue weighted by Crippen LogP contribution is -2.11. The Morgan fingerprint density at radius 1 is 1.15 bits per heavy atom. The van der Waals surface area contributed by atoms with Gasteiger partial charge in [0.25, 0.3) is 5.82 Å². The average molecular weight is 661 g/mol. The molecule has 0 atom stereocenters. The molecule has 5 aromatic rings. The van der Waals surface area contributed by atoms with Gasteiger partial charge in [-0.15, -0.1) is 0 Å². The molecule has 0 saturated carbocycles. The second kappa shape index (κ2) is 15.5. The van der Waals surface area contributed by atoms with Crippen molar-refractivity contribution >= 4 is 67.0 Å². The summed E-state index contributed by atoms with van der Waals surface area (Å²) in [6.07, 6.45) is 2.74. The number of anilines is 2. The van der Waals surface area contributed by atoms with Crippen LogP contribution in [0.1, 0.15) is 39.3 Å². The Kier molecular flexibility index (Phi) is 10.9. The zero-order chi connectivity index (χ0) is 32.5. The summed E-state index contributed by atoms with van der Waals surface area (Å²) in [7, 11) is 1.78. The third kappa shape index (κ3) is 8.06. The van der Waals surface area contributed by atoms with E-state index >= 15 is 0 Å². The van der Waals surface area contributed by atoms with E-state index in [4.69, 9.17) is 4.74 Å². The maximum atomic E-state index is 14.5. The topological polar surface area (TPSA) is 145 Å². The van der Waals surface area contributed by atoms with Crippen molar-refractivity contribution in [1.82, 2.24) is 30.1 Å².